The van der Waals surface area contributed by atoms with Crippen LogP contribution in [0.1, 0.15) is 16.7 Å². The number of phenolic OH excluding ortho intramolecular Hbond substituents is 1. The first-order chi connectivity index (χ1) is 10.4. The van der Waals surface area contributed by atoms with Crippen molar-refractivity contribution < 1.29 is 19.2 Å². The highest BCUT2D eigenvalue weighted by atomic mass is 32.2. The van der Waals surface area contributed by atoms with Gasteiger partial charge >= 0.3 is 5.97 Å². The Kier molecular flexibility index (Phi) is 4.78. The highest BCUT2D eigenvalue weighted by Gasteiger charge is 2.18. The second-order valence-electron chi connectivity index (χ2n) is 4.96. The summed E-state index contributed by atoms with van der Waals surface area (Å²) in [6.07, 6.45) is 1.24. The Balaban J connectivity index is 2.45. The predicted octanol–water partition coefficient (Wildman–Crippen LogP) is 3.24. The summed E-state index contributed by atoms with van der Waals surface area (Å²) >= 11 is 0. The van der Waals surface area contributed by atoms with Gasteiger partial charge < -0.3 is 10.2 Å². The first-order valence-electron chi connectivity index (χ1n) is 6.61. The Bertz CT molecular complexity index is 761. The van der Waals surface area contributed by atoms with Gasteiger partial charge in [-0.3, -0.25) is 0 Å². The topological polar surface area (TPSA) is 74.6 Å². The fraction of sp³-hybridized carbons (Fsp3) is 0.118. The molecule has 0 aromatic heterocycles. The van der Waals surface area contributed by atoms with E-state index in [1.165, 1.54) is 12.1 Å². The summed E-state index contributed by atoms with van der Waals surface area (Å²) in [5, 5.41) is 19.2. The molecule has 0 heterocycles. The lowest BCUT2D eigenvalue weighted by Gasteiger charge is -2.06. The van der Waals surface area contributed by atoms with Gasteiger partial charge in [0.05, 0.1) is 10.8 Å². The van der Waals surface area contributed by atoms with E-state index in [4.69, 9.17) is 0 Å². The van der Waals surface area contributed by atoms with E-state index in [0.717, 1.165) is 11.1 Å². The van der Waals surface area contributed by atoms with Crippen LogP contribution in [0.5, 0.6) is 5.75 Å². The second-order valence-corrected chi connectivity index (χ2v) is 6.41. The molecule has 0 spiro atoms. The van der Waals surface area contributed by atoms with Crippen LogP contribution in [0.2, 0.25) is 0 Å². The molecule has 22 heavy (non-hydrogen) atoms. The molecule has 0 bridgehead atoms. The van der Waals surface area contributed by atoms with Crippen molar-refractivity contribution in [3.05, 3.63) is 64.1 Å². The summed E-state index contributed by atoms with van der Waals surface area (Å²) in [4.78, 5) is 11.6. The summed E-state index contributed by atoms with van der Waals surface area (Å²) < 4.78 is 12.5. The number of carboxylic acid groups (broad SMARTS) is 1. The number of aryl methyl sites for hydroxylation is 2. The van der Waals surface area contributed by atoms with Gasteiger partial charge in [0.1, 0.15) is 10.7 Å². The highest BCUT2D eigenvalue weighted by molar-refractivity contribution is 7.90. The molecule has 0 aliphatic rings. The minimum atomic E-state index is -1.82. The summed E-state index contributed by atoms with van der Waals surface area (Å²) in [5.41, 5.74) is 2.17. The summed E-state index contributed by atoms with van der Waals surface area (Å²) in [6, 6.07) is 11.7. The van der Waals surface area contributed by atoms with Crippen molar-refractivity contribution in [2.24, 2.45) is 0 Å². The van der Waals surface area contributed by atoms with E-state index in [1.54, 1.807) is 36.4 Å². The SMILES string of the molecule is Cc1ccc([S@](=O)/C(=C/c2ccc(C)cc2O)C(=O)O)cc1. The van der Waals surface area contributed by atoms with Crippen molar-refractivity contribution in [2.45, 2.75) is 18.7 Å². The molecular weight excluding hydrogens is 300 g/mol. The molecule has 2 aromatic rings. The number of hydrogen-bond donors (Lipinski definition) is 2. The summed E-state index contributed by atoms with van der Waals surface area (Å²) in [5.74, 6) is -1.32. The molecule has 0 saturated heterocycles. The van der Waals surface area contributed by atoms with Crippen LogP contribution in [0.15, 0.2) is 52.3 Å². The monoisotopic (exact) mass is 316 g/mol. The molecule has 5 heteroatoms. The van der Waals surface area contributed by atoms with Crippen LogP contribution in [-0.4, -0.2) is 20.4 Å². The van der Waals surface area contributed by atoms with Gasteiger partial charge in [0.25, 0.3) is 0 Å². The number of aromatic hydroxyl groups is 1. The predicted molar refractivity (Wildman–Crippen MR) is 86.0 cm³/mol. The maximum Gasteiger partial charge on any atom is 0.345 e. The standard InChI is InChI=1S/C17H16O4S/c1-11-4-7-14(8-5-11)22(21)16(17(19)20)10-13-6-3-12(2)9-15(13)18/h3-10,18H,1-2H3,(H,19,20)/b16-10+/t22-/m0/s1. The van der Waals surface area contributed by atoms with Gasteiger partial charge in [0, 0.05) is 10.5 Å². The Hall–Kier alpha value is -2.40. The zero-order valence-corrected chi connectivity index (χ0v) is 13.1. The zero-order chi connectivity index (χ0) is 16.3. The van der Waals surface area contributed by atoms with Crippen LogP contribution in [0, 0.1) is 13.8 Å². The van der Waals surface area contributed by atoms with Gasteiger partial charge in [0.2, 0.25) is 0 Å². The number of benzene rings is 2. The maximum atomic E-state index is 12.5. The van der Waals surface area contributed by atoms with E-state index in [-0.39, 0.29) is 10.7 Å². The van der Waals surface area contributed by atoms with Gasteiger partial charge in [-0.1, -0.05) is 29.8 Å². The lowest BCUT2D eigenvalue weighted by Crippen LogP contribution is -2.07. The number of rotatable bonds is 4. The molecule has 0 saturated carbocycles. The van der Waals surface area contributed by atoms with Crippen LogP contribution in [0.3, 0.4) is 0 Å². The van der Waals surface area contributed by atoms with E-state index < -0.39 is 16.8 Å². The third kappa shape index (κ3) is 3.62. The summed E-state index contributed by atoms with van der Waals surface area (Å²) in [6.45, 7) is 3.71. The molecule has 0 fully saturated rings. The van der Waals surface area contributed by atoms with Gasteiger partial charge in [-0.25, -0.2) is 9.00 Å². The Morgan fingerprint density at radius 1 is 1.05 bits per heavy atom. The Labute approximate surface area is 131 Å². The molecule has 0 radical (unpaired) electrons. The lowest BCUT2D eigenvalue weighted by molar-refractivity contribution is -0.131. The Morgan fingerprint density at radius 2 is 1.64 bits per heavy atom. The van der Waals surface area contributed by atoms with Gasteiger partial charge in [-0.05, 0) is 43.7 Å². The first kappa shape index (κ1) is 16.0. The molecule has 2 rings (SSSR count). The van der Waals surface area contributed by atoms with Crippen LogP contribution in [0.25, 0.3) is 6.08 Å². The summed E-state index contributed by atoms with van der Waals surface area (Å²) in [7, 11) is -1.82. The first-order valence-corrected chi connectivity index (χ1v) is 7.76. The van der Waals surface area contributed by atoms with Gasteiger partial charge in [-0.15, -0.1) is 0 Å². The van der Waals surface area contributed by atoms with Crippen LogP contribution in [0.4, 0.5) is 0 Å². The number of hydrogen-bond acceptors (Lipinski definition) is 3. The van der Waals surface area contributed by atoms with Crippen molar-refractivity contribution >= 4 is 22.8 Å². The van der Waals surface area contributed by atoms with Crippen molar-refractivity contribution in [2.75, 3.05) is 0 Å². The average molecular weight is 316 g/mol. The fourth-order valence-electron chi connectivity index (χ4n) is 1.90. The fourth-order valence-corrected chi connectivity index (χ4v) is 2.93. The average Bonchev–Trinajstić information content (AvgIpc) is 2.46. The third-order valence-corrected chi connectivity index (χ3v) is 4.51. The molecule has 0 aliphatic heterocycles. The Morgan fingerprint density at radius 3 is 2.18 bits per heavy atom. The third-order valence-electron chi connectivity index (χ3n) is 3.12. The zero-order valence-electron chi connectivity index (χ0n) is 12.2. The molecule has 0 amide bonds. The second kappa shape index (κ2) is 6.58. The molecule has 2 N–H and O–H groups in total. The molecular formula is C17H16O4S. The molecule has 1 atom stereocenters. The lowest BCUT2D eigenvalue weighted by atomic mass is 10.1. The largest absolute Gasteiger partial charge is 0.507 e. The van der Waals surface area contributed by atoms with Crippen molar-refractivity contribution in [1.82, 2.24) is 0 Å². The smallest absolute Gasteiger partial charge is 0.345 e. The number of phenols is 1. The minimum absolute atomic E-state index is 0.0420. The van der Waals surface area contributed by atoms with Crippen LogP contribution in [-0.2, 0) is 15.6 Å². The molecule has 0 unspecified atom stereocenters. The van der Waals surface area contributed by atoms with E-state index in [9.17, 15) is 19.2 Å². The van der Waals surface area contributed by atoms with Crippen molar-refractivity contribution in [1.29, 1.82) is 0 Å². The highest BCUT2D eigenvalue weighted by Crippen LogP contribution is 2.24. The molecule has 0 aliphatic carbocycles. The number of aliphatic carboxylic acids is 1. The van der Waals surface area contributed by atoms with E-state index >= 15 is 0 Å². The molecule has 4 nitrogen and oxygen atoms in total. The van der Waals surface area contributed by atoms with Crippen LogP contribution >= 0.6 is 0 Å². The minimum Gasteiger partial charge on any atom is -0.507 e. The quantitative estimate of drug-likeness (QED) is 0.849. The molecule has 114 valence electrons. The molecule has 2 aromatic carbocycles. The number of carboxylic acids is 1. The van der Waals surface area contributed by atoms with E-state index in [2.05, 4.69) is 0 Å². The van der Waals surface area contributed by atoms with Crippen molar-refractivity contribution in [3.63, 3.8) is 0 Å². The van der Waals surface area contributed by atoms with Gasteiger partial charge in [0.15, 0.2) is 0 Å². The normalized spacial score (nSPS) is 12.9. The van der Waals surface area contributed by atoms with E-state index in [0.29, 0.717) is 10.5 Å². The number of carbonyl (C=O) groups is 1. The maximum absolute atomic E-state index is 12.5. The van der Waals surface area contributed by atoms with E-state index in [1.807, 2.05) is 13.8 Å². The van der Waals surface area contributed by atoms with Crippen LogP contribution < -0.4 is 0 Å². The van der Waals surface area contributed by atoms with Gasteiger partial charge in [-0.2, -0.15) is 0 Å². The van der Waals surface area contributed by atoms with Crippen molar-refractivity contribution in [3.8, 4) is 5.75 Å².